The monoisotopic (exact) mass is 436 g/mol. The van der Waals surface area contributed by atoms with Gasteiger partial charge in [-0.2, -0.15) is 0 Å². The van der Waals surface area contributed by atoms with Crippen LogP contribution in [0.25, 0.3) is 10.8 Å². The van der Waals surface area contributed by atoms with E-state index in [0.29, 0.717) is 0 Å². The molecular weight excluding hydrogens is 420 g/mol. The van der Waals surface area contributed by atoms with Gasteiger partial charge in [0.25, 0.3) is 28.8 Å². The van der Waals surface area contributed by atoms with Crippen molar-refractivity contribution >= 4 is 40.2 Å². The van der Waals surface area contributed by atoms with E-state index in [4.69, 9.17) is 4.74 Å². The molecule has 3 aromatic rings. The molecule has 0 saturated heterocycles. The molecule has 11 nitrogen and oxygen atoms in total. The number of carbonyl (C=O) groups excluding carboxylic acids is 4. The number of ether oxygens (including phenoxy) is 1. The van der Waals surface area contributed by atoms with Gasteiger partial charge in [0, 0.05) is 12.7 Å². The molecular formula is C21H16N4O7. The van der Waals surface area contributed by atoms with Gasteiger partial charge in [-0.05, 0) is 30.3 Å². The summed E-state index contributed by atoms with van der Waals surface area (Å²) in [6.07, 6.45) is 0. The van der Waals surface area contributed by atoms with Crippen molar-refractivity contribution in [3.63, 3.8) is 0 Å². The second-order valence-corrected chi connectivity index (χ2v) is 7.02. The van der Waals surface area contributed by atoms with Crippen LogP contribution in [0.1, 0.15) is 20.7 Å². The van der Waals surface area contributed by atoms with Gasteiger partial charge in [0.2, 0.25) is 0 Å². The van der Waals surface area contributed by atoms with Crippen molar-refractivity contribution in [2.24, 2.45) is 0 Å². The van der Waals surface area contributed by atoms with Crippen molar-refractivity contribution in [3.8, 4) is 0 Å². The van der Waals surface area contributed by atoms with Crippen molar-refractivity contribution in [2.75, 3.05) is 19.0 Å². The van der Waals surface area contributed by atoms with Crippen LogP contribution >= 0.6 is 0 Å². The maximum atomic E-state index is 12.4. The Balaban J connectivity index is 1.39. The maximum absolute atomic E-state index is 12.4. The van der Waals surface area contributed by atoms with Crippen LogP contribution in [0, 0.1) is 0 Å². The van der Waals surface area contributed by atoms with E-state index in [1.807, 2.05) is 0 Å². The summed E-state index contributed by atoms with van der Waals surface area (Å²) < 4.78 is 5.68. The molecule has 0 atom stereocenters. The smallest absolute Gasteiger partial charge is 0.328 e. The number of esters is 1. The van der Waals surface area contributed by atoms with Crippen LogP contribution in [0.5, 0.6) is 0 Å². The van der Waals surface area contributed by atoms with Gasteiger partial charge in [-0.1, -0.05) is 12.1 Å². The summed E-state index contributed by atoms with van der Waals surface area (Å²) in [7, 11) is 1.36. The fourth-order valence-electron chi connectivity index (χ4n) is 3.31. The van der Waals surface area contributed by atoms with E-state index >= 15 is 0 Å². The van der Waals surface area contributed by atoms with Gasteiger partial charge < -0.3 is 10.1 Å². The van der Waals surface area contributed by atoms with E-state index in [0.717, 1.165) is 9.58 Å². The summed E-state index contributed by atoms with van der Waals surface area (Å²) in [5, 5.41) is 5.10. The van der Waals surface area contributed by atoms with Crippen LogP contribution in [-0.4, -0.2) is 52.0 Å². The van der Waals surface area contributed by atoms with Gasteiger partial charge in [0.05, 0.1) is 21.9 Å². The van der Waals surface area contributed by atoms with Gasteiger partial charge in [-0.15, -0.1) is 0 Å². The number of aromatic amines is 1. The highest BCUT2D eigenvalue weighted by Gasteiger charge is 2.32. The van der Waals surface area contributed by atoms with Crippen molar-refractivity contribution in [1.82, 2.24) is 14.7 Å². The highest BCUT2D eigenvalue weighted by Crippen LogP contribution is 2.24. The minimum absolute atomic E-state index is 0.150. The molecule has 1 aliphatic rings. The van der Waals surface area contributed by atoms with E-state index in [2.05, 4.69) is 10.4 Å². The molecule has 0 unspecified atom stereocenters. The average molecular weight is 436 g/mol. The minimum Gasteiger partial charge on any atom is -0.454 e. The van der Waals surface area contributed by atoms with Gasteiger partial charge in [-0.3, -0.25) is 38.8 Å². The standard InChI is InChI=1S/C21H16N4O7/c1-24-19(29)14-7-6-11(8-15(14)20(24)30)22-16(26)10-32-17(27)9-25-21(31)13-5-3-2-4-12(13)18(28)23-25/h2-8H,9-10H2,1H3,(H,22,26)(H,23,28). The van der Waals surface area contributed by atoms with Crippen LogP contribution in [0.3, 0.4) is 0 Å². The lowest BCUT2D eigenvalue weighted by atomic mass is 10.1. The van der Waals surface area contributed by atoms with Crippen LogP contribution in [0.15, 0.2) is 52.1 Å². The molecule has 0 fully saturated rings. The first-order valence-electron chi connectivity index (χ1n) is 9.40. The number of H-pyrrole nitrogens is 1. The van der Waals surface area contributed by atoms with Gasteiger partial charge >= 0.3 is 5.97 Å². The Bertz CT molecular complexity index is 1420. The quantitative estimate of drug-likeness (QED) is 0.426. The number of fused-ring (bicyclic) bond motifs is 2. The lowest BCUT2D eigenvalue weighted by molar-refractivity contribution is -0.148. The van der Waals surface area contributed by atoms with E-state index < -0.39 is 48.0 Å². The number of nitrogens with zero attached hydrogens (tertiary/aromatic N) is 2. The highest BCUT2D eigenvalue weighted by atomic mass is 16.5. The summed E-state index contributed by atoms with van der Waals surface area (Å²) in [6.45, 7) is -1.25. The predicted octanol–water partition coefficient (Wildman–Crippen LogP) is 0.0975. The number of aromatic nitrogens is 2. The lowest BCUT2D eigenvalue weighted by Crippen LogP contribution is -2.33. The number of anilines is 1. The molecule has 1 aliphatic heterocycles. The van der Waals surface area contributed by atoms with Gasteiger partial charge in [-0.25, -0.2) is 4.68 Å². The third kappa shape index (κ3) is 3.67. The number of benzene rings is 2. The fraction of sp³-hybridized carbons (Fsp3) is 0.143. The number of imide groups is 1. The van der Waals surface area contributed by atoms with Gasteiger partial charge in [0.15, 0.2) is 6.61 Å². The molecule has 0 spiro atoms. The molecule has 32 heavy (non-hydrogen) atoms. The molecule has 0 aliphatic carbocycles. The zero-order valence-electron chi connectivity index (χ0n) is 16.7. The number of hydrogen-bond acceptors (Lipinski definition) is 7. The zero-order chi connectivity index (χ0) is 23.0. The summed E-state index contributed by atoms with van der Waals surface area (Å²) in [6, 6.07) is 10.4. The van der Waals surface area contributed by atoms with Crippen LogP contribution in [0.4, 0.5) is 5.69 Å². The molecule has 162 valence electrons. The summed E-state index contributed by atoms with van der Waals surface area (Å²) in [5.41, 5.74) is -0.482. The number of amides is 3. The predicted molar refractivity (Wildman–Crippen MR) is 111 cm³/mol. The topological polar surface area (TPSA) is 148 Å². The number of hydrogen-bond donors (Lipinski definition) is 2. The summed E-state index contributed by atoms with van der Waals surface area (Å²) in [5.74, 6) is -2.52. The number of rotatable bonds is 5. The molecule has 0 radical (unpaired) electrons. The summed E-state index contributed by atoms with van der Waals surface area (Å²) in [4.78, 5) is 73.5. The highest BCUT2D eigenvalue weighted by molar-refractivity contribution is 6.21. The first-order valence-corrected chi connectivity index (χ1v) is 9.40. The molecule has 11 heteroatoms. The van der Waals surface area contributed by atoms with E-state index in [1.54, 1.807) is 12.1 Å². The lowest BCUT2D eigenvalue weighted by Gasteiger charge is -2.09. The Morgan fingerprint density at radius 3 is 2.41 bits per heavy atom. The SMILES string of the molecule is CN1C(=O)c2ccc(NC(=O)COC(=O)Cn3[nH]c(=O)c4ccccc4c3=O)cc2C1=O. The molecule has 0 bridgehead atoms. The number of nitrogens with one attached hydrogen (secondary N) is 2. The van der Waals surface area contributed by atoms with Crippen LogP contribution in [-0.2, 0) is 20.9 Å². The normalized spacial score (nSPS) is 12.7. The Hall–Kier alpha value is -4.54. The van der Waals surface area contributed by atoms with E-state index in [-0.39, 0.29) is 27.6 Å². The first kappa shape index (κ1) is 20.7. The second kappa shape index (κ2) is 7.95. The Morgan fingerprint density at radius 1 is 0.969 bits per heavy atom. The molecule has 0 saturated carbocycles. The largest absolute Gasteiger partial charge is 0.454 e. The Kier molecular flexibility index (Phi) is 5.15. The van der Waals surface area contributed by atoms with E-state index in [1.165, 1.54) is 37.4 Å². The van der Waals surface area contributed by atoms with Crippen LogP contribution in [0.2, 0.25) is 0 Å². The van der Waals surface area contributed by atoms with Gasteiger partial charge in [0.1, 0.15) is 6.54 Å². The van der Waals surface area contributed by atoms with Crippen molar-refractivity contribution in [2.45, 2.75) is 6.54 Å². The third-order valence-electron chi connectivity index (χ3n) is 4.91. The average Bonchev–Trinajstić information content (AvgIpc) is 2.99. The first-order chi connectivity index (χ1) is 15.3. The minimum atomic E-state index is -0.912. The third-order valence-corrected chi connectivity index (χ3v) is 4.91. The molecule has 2 heterocycles. The fourth-order valence-corrected chi connectivity index (χ4v) is 3.31. The molecule has 2 aromatic carbocycles. The van der Waals surface area contributed by atoms with Crippen molar-refractivity contribution < 1.29 is 23.9 Å². The van der Waals surface area contributed by atoms with E-state index in [9.17, 15) is 28.8 Å². The molecule has 3 amide bonds. The van der Waals surface area contributed by atoms with Crippen molar-refractivity contribution in [3.05, 3.63) is 74.3 Å². The second-order valence-electron chi connectivity index (χ2n) is 7.02. The Morgan fingerprint density at radius 2 is 1.66 bits per heavy atom. The summed E-state index contributed by atoms with van der Waals surface area (Å²) >= 11 is 0. The molecule has 1 aromatic heterocycles. The van der Waals surface area contributed by atoms with Crippen LogP contribution < -0.4 is 16.4 Å². The Labute approximate surface area is 179 Å². The van der Waals surface area contributed by atoms with Crippen molar-refractivity contribution in [1.29, 1.82) is 0 Å². The molecule has 2 N–H and O–H groups in total. The zero-order valence-corrected chi connectivity index (χ0v) is 16.7. The maximum Gasteiger partial charge on any atom is 0.328 e. The number of carbonyl (C=O) groups is 4. The molecule has 4 rings (SSSR count).